The van der Waals surface area contributed by atoms with E-state index in [0.29, 0.717) is 28.6 Å². The van der Waals surface area contributed by atoms with Crippen LogP contribution in [0.15, 0.2) is 56.4 Å². The third-order valence-corrected chi connectivity index (χ3v) is 3.61. The molecule has 9 heteroatoms. The maximum absolute atomic E-state index is 11.8. The second-order valence-electron chi connectivity index (χ2n) is 5.45. The first-order valence-electron chi connectivity index (χ1n) is 7.80. The number of hydrogen-bond acceptors (Lipinski definition) is 7. The zero-order valence-corrected chi connectivity index (χ0v) is 14.5. The molecule has 0 aliphatic rings. The minimum atomic E-state index is -0.504. The number of methoxy groups -OCH3 is 1. The number of rotatable bonds is 6. The van der Waals surface area contributed by atoms with Crippen LogP contribution in [0.2, 0.25) is 0 Å². The van der Waals surface area contributed by atoms with Crippen molar-refractivity contribution in [2.45, 2.75) is 6.92 Å². The monoisotopic (exact) mass is 369 g/mol. The highest BCUT2D eigenvalue weighted by molar-refractivity contribution is 5.92. The maximum atomic E-state index is 11.8. The van der Waals surface area contributed by atoms with Gasteiger partial charge in [-0.05, 0) is 37.3 Å². The molecule has 9 nitrogen and oxygen atoms in total. The van der Waals surface area contributed by atoms with Gasteiger partial charge in [0.25, 0.3) is 5.69 Å². The Morgan fingerprint density at radius 1 is 1.22 bits per heavy atom. The molecule has 3 aromatic rings. The Labute approximate surface area is 153 Å². The fourth-order valence-electron chi connectivity index (χ4n) is 2.33. The number of furan rings is 2. The molecule has 0 aliphatic heterocycles. The third-order valence-electron chi connectivity index (χ3n) is 3.61. The molecule has 0 saturated heterocycles. The summed E-state index contributed by atoms with van der Waals surface area (Å²) in [6, 6.07) is 10.8. The van der Waals surface area contributed by atoms with Crippen LogP contribution in [0, 0.1) is 17.0 Å². The lowest BCUT2D eigenvalue weighted by Gasteiger charge is -2.05. The van der Waals surface area contributed by atoms with Gasteiger partial charge < -0.3 is 13.6 Å². The Balaban J connectivity index is 1.73. The highest BCUT2D eigenvalue weighted by Crippen LogP contribution is 2.33. The van der Waals surface area contributed by atoms with Crippen LogP contribution in [0.4, 0.5) is 5.69 Å². The predicted molar refractivity (Wildman–Crippen MR) is 95.9 cm³/mol. The summed E-state index contributed by atoms with van der Waals surface area (Å²) < 4.78 is 16.0. The topological polar surface area (TPSA) is 120 Å². The van der Waals surface area contributed by atoms with Crippen molar-refractivity contribution >= 4 is 17.8 Å². The lowest BCUT2D eigenvalue weighted by atomic mass is 10.1. The van der Waals surface area contributed by atoms with E-state index in [4.69, 9.17) is 13.6 Å². The van der Waals surface area contributed by atoms with Crippen molar-refractivity contribution in [3.63, 3.8) is 0 Å². The van der Waals surface area contributed by atoms with E-state index in [0.717, 1.165) is 0 Å². The van der Waals surface area contributed by atoms with Crippen LogP contribution in [-0.2, 0) is 0 Å². The van der Waals surface area contributed by atoms with E-state index in [9.17, 15) is 14.9 Å². The van der Waals surface area contributed by atoms with Crippen molar-refractivity contribution in [1.82, 2.24) is 5.43 Å². The predicted octanol–water partition coefficient (Wildman–Crippen LogP) is 3.53. The average molecular weight is 369 g/mol. The second kappa shape index (κ2) is 7.56. The number of nitro benzene ring substituents is 1. The van der Waals surface area contributed by atoms with Crippen LogP contribution in [0.5, 0.6) is 5.75 Å². The Bertz CT molecular complexity index is 1020. The fraction of sp³-hybridized carbons (Fsp3) is 0.111. The molecule has 0 radical (unpaired) electrons. The van der Waals surface area contributed by atoms with E-state index in [-0.39, 0.29) is 11.4 Å². The molecule has 0 saturated carbocycles. The summed E-state index contributed by atoms with van der Waals surface area (Å²) in [5.41, 5.74) is 2.80. The zero-order valence-electron chi connectivity index (χ0n) is 14.5. The van der Waals surface area contributed by atoms with Gasteiger partial charge in [0.15, 0.2) is 5.76 Å². The quantitative estimate of drug-likeness (QED) is 0.403. The van der Waals surface area contributed by atoms with E-state index >= 15 is 0 Å². The number of non-ortho nitro benzene ring substituents is 1. The van der Waals surface area contributed by atoms with E-state index in [1.807, 2.05) is 0 Å². The highest BCUT2D eigenvalue weighted by atomic mass is 16.6. The van der Waals surface area contributed by atoms with Crippen molar-refractivity contribution in [2.24, 2.45) is 5.10 Å². The molecule has 3 rings (SSSR count). The number of nitrogens with zero attached hydrogens (tertiary/aromatic N) is 2. The molecule has 0 unspecified atom stereocenters. The van der Waals surface area contributed by atoms with Gasteiger partial charge >= 0.3 is 5.91 Å². The van der Waals surface area contributed by atoms with Gasteiger partial charge in [0, 0.05) is 6.07 Å². The summed E-state index contributed by atoms with van der Waals surface area (Å²) >= 11 is 0. The standard InChI is InChI=1S/C18H15N3O6/c1-11-3-7-16(26-11)18(22)20-19-10-13-5-8-15(27-13)14-6-4-12(21(23)24)9-17(14)25-2/h3-10H,1-2H3,(H,20,22)/b19-10-. The van der Waals surface area contributed by atoms with Crippen molar-refractivity contribution in [3.8, 4) is 17.1 Å². The smallest absolute Gasteiger partial charge is 0.307 e. The molecule has 1 N–H and O–H groups in total. The molecule has 27 heavy (non-hydrogen) atoms. The van der Waals surface area contributed by atoms with Gasteiger partial charge in [0.05, 0.1) is 29.9 Å². The first-order chi connectivity index (χ1) is 13.0. The molecular weight excluding hydrogens is 354 g/mol. The van der Waals surface area contributed by atoms with Gasteiger partial charge in [0.2, 0.25) is 0 Å². The first-order valence-corrected chi connectivity index (χ1v) is 7.80. The molecule has 0 fully saturated rings. The summed E-state index contributed by atoms with van der Waals surface area (Å²) in [7, 11) is 1.42. The number of amides is 1. The van der Waals surface area contributed by atoms with Crippen LogP contribution in [0.1, 0.15) is 22.1 Å². The SMILES string of the molecule is COc1cc([N+](=O)[O-])ccc1-c1ccc(/C=N\NC(=O)c2ccc(C)o2)o1. The first kappa shape index (κ1) is 17.9. The second-order valence-corrected chi connectivity index (χ2v) is 5.45. The molecule has 0 atom stereocenters. The number of carbonyl (C=O) groups is 1. The molecule has 1 aromatic carbocycles. The maximum Gasteiger partial charge on any atom is 0.307 e. The number of benzene rings is 1. The van der Waals surface area contributed by atoms with Crippen molar-refractivity contribution in [3.05, 3.63) is 69.9 Å². The van der Waals surface area contributed by atoms with Gasteiger partial charge in [-0.25, -0.2) is 5.43 Å². The molecule has 1 amide bonds. The van der Waals surface area contributed by atoms with Crippen LogP contribution in [0.3, 0.4) is 0 Å². The summed E-state index contributed by atoms with van der Waals surface area (Å²) in [4.78, 5) is 22.2. The van der Waals surface area contributed by atoms with Gasteiger partial charge in [-0.1, -0.05) is 0 Å². The molecule has 0 aliphatic carbocycles. The number of carbonyl (C=O) groups excluding carboxylic acids is 1. The van der Waals surface area contributed by atoms with Gasteiger partial charge in [0.1, 0.15) is 23.0 Å². The number of hydrazone groups is 1. The number of nitro groups is 1. The van der Waals surface area contributed by atoms with E-state index in [1.54, 1.807) is 31.2 Å². The summed E-state index contributed by atoms with van der Waals surface area (Å²) in [5, 5.41) is 14.7. The third kappa shape index (κ3) is 4.03. The lowest BCUT2D eigenvalue weighted by molar-refractivity contribution is -0.384. The summed E-state index contributed by atoms with van der Waals surface area (Å²) in [6.07, 6.45) is 1.33. The molecule has 138 valence electrons. The lowest BCUT2D eigenvalue weighted by Crippen LogP contribution is -2.16. The van der Waals surface area contributed by atoms with Crippen LogP contribution in [0.25, 0.3) is 11.3 Å². The van der Waals surface area contributed by atoms with Crippen LogP contribution in [-0.4, -0.2) is 24.2 Å². The van der Waals surface area contributed by atoms with E-state index in [2.05, 4.69) is 10.5 Å². The number of nitrogens with one attached hydrogen (secondary N) is 1. The number of aryl methyl sites for hydroxylation is 1. The molecule has 2 aromatic heterocycles. The number of ether oxygens (including phenoxy) is 1. The van der Waals surface area contributed by atoms with Crippen LogP contribution < -0.4 is 10.2 Å². The normalized spacial score (nSPS) is 10.9. The zero-order chi connectivity index (χ0) is 19.4. The summed E-state index contributed by atoms with van der Waals surface area (Å²) in [6.45, 7) is 1.73. The Morgan fingerprint density at radius 3 is 2.70 bits per heavy atom. The van der Waals surface area contributed by atoms with Crippen molar-refractivity contribution in [2.75, 3.05) is 7.11 Å². The molecular formula is C18H15N3O6. The van der Waals surface area contributed by atoms with E-state index < -0.39 is 10.8 Å². The largest absolute Gasteiger partial charge is 0.496 e. The molecule has 0 spiro atoms. The molecule has 2 heterocycles. The Hall–Kier alpha value is -3.88. The Morgan fingerprint density at radius 2 is 2.04 bits per heavy atom. The van der Waals surface area contributed by atoms with Gasteiger partial charge in [-0.15, -0.1) is 0 Å². The van der Waals surface area contributed by atoms with E-state index in [1.165, 1.54) is 31.5 Å². The van der Waals surface area contributed by atoms with Gasteiger partial charge in [-0.2, -0.15) is 5.10 Å². The van der Waals surface area contributed by atoms with Gasteiger partial charge in [-0.3, -0.25) is 14.9 Å². The average Bonchev–Trinajstić information content (AvgIpc) is 3.30. The van der Waals surface area contributed by atoms with Crippen LogP contribution >= 0.6 is 0 Å². The Kier molecular flexibility index (Phi) is 5.02. The van der Waals surface area contributed by atoms with Crippen molar-refractivity contribution < 1.29 is 23.3 Å². The minimum Gasteiger partial charge on any atom is -0.496 e. The minimum absolute atomic E-state index is 0.0835. The number of hydrogen-bond donors (Lipinski definition) is 1. The highest BCUT2D eigenvalue weighted by Gasteiger charge is 2.15. The summed E-state index contributed by atoms with van der Waals surface area (Å²) in [5.74, 6) is 1.42. The molecule has 0 bridgehead atoms. The van der Waals surface area contributed by atoms with Crippen molar-refractivity contribution in [1.29, 1.82) is 0 Å². The fourth-order valence-corrected chi connectivity index (χ4v) is 2.33.